The summed E-state index contributed by atoms with van der Waals surface area (Å²) in [6, 6.07) is 19.7. The molecule has 8 heterocycles. The van der Waals surface area contributed by atoms with E-state index in [2.05, 4.69) is 52.5 Å². The van der Waals surface area contributed by atoms with Crippen LogP contribution in [-0.2, 0) is 21.5 Å². The van der Waals surface area contributed by atoms with Gasteiger partial charge in [0.1, 0.15) is 23.4 Å². The predicted octanol–water partition coefficient (Wildman–Crippen LogP) is 8.56. The number of H-pyrrole nitrogens is 1. The molecular formula is C57H64BrMgN7O6. The van der Waals surface area contributed by atoms with Crippen LogP contribution in [0.4, 0.5) is 5.69 Å². The minimum absolute atomic E-state index is 0. The molecule has 13 nitrogen and oxygen atoms in total. The van der Waals surface area contributed by atoms with Crippen molar-refractivity contribution in [3.63, 3.8) is 0 Å². The maximum absolute atomic E-state index is 13.4. The van der Waals surface area contributed by atoms with Gasteiger partial charge in [0.15, 0.2) is 11.4 Å². The van der Waals surface area contributed by atoms with Gasteiger partial charge < -0.3 is 50.6 Å². The van der Waals surface area contributed by atoms with Crippen LogP contribution in [0.1, 0.15) is 152 Å². The van der Waals surface area contributed by atoms with Crippen LogP contribution in [-0.4, -0.2) is 93.3 Å². The standard InChI is InChI=1S/C28H32N4O3.C23H26N2O3.C6H6N.BrH.Mg/c1-15-7-6-8-22(29-15)28(33,23-11-12-27(4,5)34-23)20-13-19(24-16(2)32-35-17(24)3)14-21-25(20)31-26(30-21)18-9-10-18;1-12-20(13(2)28-25-12)15-9-16-11-18(14-5-6-14)24-21(16)17(10-15)22(26)19-7-8-23(3,4)27-19;1-6-4-2-3-5-7-6;;/h6-8,13-14,18,23,33H,9-12H2,1-5H3,(H,30,31);9-10,14,19H,5-8,11H2,1-4H3;2-4H,1H3;1H;/q;;-1;;+2/p-1. The molecule has 2 saturated heterocycles. The van der Waals surface area contributed by atoms with Crippen LogP contribution in [0.3, 0.4) is 0 Å². The van der Waals surface area contributed by atoms with E-state index in [0.717, 1.165) is 130 Å². The smallest absolute Gasteiger partial charge is 1.00 e. The number of aliphatic imine (C=N–C) groups is 1. The van der Waals surface area contributed by atoms with Crippen LogP contribution in [0.25, 0.3) is 33.3 Å². The number of rotatable bonds is 9. The molecule has 4 fully saturated rings. The Labute approximate surface area is 448 Å². The zero-order chi connectivity index (χ0) is 49.3. The Hall–Kier alpha value is -4.90. The third kappa shape index (κ3) is 10.8. The number of ketones is 1. The fourth-order valence-electron chi connectivity index (χ4n) is 10.5. The number of hydrogen-bond acceptors (Lipinski definition) is 12. The average Bonchev–Trinajstić information content (AvgIpc) is 4.08. The van der Waals surface area contributed by atoms with Crippen LogP contribution in [0.15, 0.2) is 74.7 Å². The summed E-state index contributed by atoms with van der Waals surface area (Å²) in [6.07, 6.45) is 10.6. The van der Waals surface area contributed by atoms with Crippen molar-refractivity contribution >= 4 is 51.3 Å². The van der Waals surface area contributed by atoms with Gasteiger partial charge in [-0.25, -0.2) is 4.98 Å². The van der Waals surface area contributed by atoms with E-state index in [0.29, 0.717) is 28.7 Å². The largest absolute Gasteiger partial charge is 2.00 e. The Balaban J connectivity index is 0.000000168. The van der Waals surface area contributed by atoms with E-state index in [4.69, 9.17) is 33.5 Å². The molecule has 0 bridgehead atoms. The minimum Gasteiger partial charge on any atom is -1.00 e. The number of pyridine rings is 2. The maximum atomic E-state index is 13.4. The number of imidazole rings is 1. The summed E-state index contributed by atoms with van der Waals surface area (Å²) in [6.45, 7) is 19.8. The minimum atomic E-state index is -1.48. The third-order valence-corrected chi connectivity index (χ3v) is 14.5. The number of carbonyl (C=O) groups is 1. The number of fused-ring (bicyclic) bond motifs is 2. The number of aryl methyl sites for hydroxylation is 6. The van der Waals surface area contributed by atoms with E-state index in [1.54, 1.807) is 6.07 Å². The van der Waals surface area contributed by atoms with Gasteiger partial charge in [0.05, 0.1) is 51.1 Å². The van der Waals surface area contributed by atoms with Crippen molar-refractivity contribution < 1.29 is 45.4 Å². The topological polar surface area (TPSA) is 175 Å². The third-order valence-electron chi connectivity index (χ3n) is 14.5. The van der Waals surface area contributed by atoms with E-state index >= 15 is 0 Å². The van der Waals surface area contributed by atoms with Crippen LogP contribution in [0.5, 0.6) is 0 Å². The molecule has 3 atom stereocenters. The van der Waals surface area contributed by atoms with Gasteiger partial charge in [0, 0.05) is 46.0 Å². The van der Waals surface area contributed by atoms with Gasteiger partial charge in [-0.3, -0.25) is 14.8 Å². The Bertz CT molecular complexity index is 3110. The molecule has 372 valence electrons. The first-order chi connectivity index (χ1) is 33.4. The molecule has 12 rings (SSSR count). The summed E-state index contributed by atoms with van der Waals surface area (Å²) >= 11 is 0. The molecule has 2 saturated carbocycles. The van der Waals surface area contributed by atoms with E-state index in [9.17, 15) is 9.90 Å². The quantitative estimate of drug-likeness (QED) is 0.0806. The van der Waals surface area contributed by atoms with Gasteiger partial charge in [-0.1, -0.05) is 35.2 Å². The molecule has 0 amide bonds. The van der Waals surface area contributed by atoms with Crippen molar-refractivity contribution in [1.82, 2.24) is 30.2 Å². The zero-order valence-corrected chi connectivity index (χ0v) is 46.2. The number of Topliss-reactive ketones (excluding diaryl/α,β-unsaturated/α-hetero) is 1. The number of nitrogens with one attached hydrogen (secondary N) is 1. The second-order valence-corrected chi connectivity index (χ2v) is 21.3. The summed E-state index contributed by atoms with van der Waals surface area (Å²) < 4.78 is 23.4. The van der Waals surface area contributed by atoms with Crippen LogP contribution in [0.2, 0.25) is 0 Å². The molecule has 7 aromatic rings. The molecule has 5 aromatic heterocycles. The van der Waals surface area contributed by atoms with Crippen LogP contribution >= 0.6 is 0 Å². The number of ether oxygens (including phenoxy) is 2. The molecule has 2 N–H and O–H groups in total. The van der Waals surface area contributed by atoms with Crippen LogP contribution in [0, 0.1) is 53.7 Å². The molecule has 3 unspecified atom stereocenters. The Morgan fingerprint density at radius 2 is 1.40 bits per heavy atom. The number of aliphatic hydroxyl groups is 1. The normalized spacial score (nSPS) is 20.2. The second-order valence-electron chi connectivity index (χ2n) is 21.3. The van der Waals surface area contributed by atoms with Crippen molar-refractivity contribution in [2.45, 2.75) is 162 Å². The van der Waals surface area contributed by atoms with E-state index in [-0.39, 0.29) is 63.1 Å². The summed E-state index contributed by atoms with van der Waals surface area (Å²) in [5.74, 6) is 3.59. The second kappa shape index (κ2) is 20.8. The molecule has 5 aliphatic rings. The summed E-state index contributed by atoms with van der Waals surface area (Å²) in [5, 5.41) is 21.0. The van der Waals surface area contributed by atoms with Crippen molar-refractivity contribution in [1.29, 1.82) is 0 Å². The molecule has 0 spiro atoms. The van der Waals surface area contributed by atoms with Crippen molar-refractivity contribution in [2.75, 3.05) is 0 Å². The van der Waals surface area contributed by atoms with Gasteiger partial charge >= 0.3 is 23.1 Å². The number of benzene rings is 2. The number of carbonyl (C=O) groups excluding carboxylic acids is 1. The summed E-state index contributed by atoms with van der Waals surface area (Å²) in [5.41, 5.74) is 12.1. The molecule has 72 heavy (non-hydrogen) atoms. The van der Waals surface area contributed by atoms with Gasteiger partial charge in [-0.15, -0.1) is 0 Å². The van der Waals surface area contributed by atoms with Crippen molar-refractivity contribution in [3.8, 4) is 22.3 Å². The monoisotopic (exact) mass is 1050 g/mol. The number of halogens is 1. The van der Waals surface area contributed by atoms with Crippen molar-refractivity contribution in [3.05, 3.63) is 129 Å². The number of aromatic amines is 1. The number of hydrogen-bond donors (Lipinski definition) is 2. The fourth-order valence-corrected chi connectivity index (χ4v) is 10.5. The Morgan fingerprint density at radius 3 is 1.93 bits per heavy atom. The summed E-state index contributed by atoms with van der Waals surface area (Å²) in [7, 11) is 0. The zero-order valence-electron chi connectivity index (χ0n) is 43.2. The molecule has 15 heteroatoms. The number of aromatic nitrogens is 6. The van der Waals surface area contributed by atoms with Crippen LogP contribution < -0.4 is 17.0 Å². The molecule has 2 aromatic carbocycles. The van der Waals surface area contributed by atoms with Gasteiger partial charge in [0.25, 0.3) is 0 Å². The first-order valence-electron chi connectivity index (χ1n) is 24.9. The van der Waals surface area contributed by atoms with Gasteiger partial charge in [-0.2, -0.15) is 18.2 Å². The first kappa shape index (κ1) is 53.4. The van der Waals surface area contributed by atoms with E-state index < -0.39 is 11.7 Å². The van der Waals surface area contributed by atoms with Gasteiger partial charge in [-0.05, 0) is 173 Å². The van der Waals surface area contributed by atoms with Crippen molar-refractivity contribution in [2.24, 2.45) is 10.9 Å². The van der Waals surface area contributed by atoms with E-state index in [1.807, 2.05) is 97.9 Å². The molecular weight excluding hydrogens is 983 g/mol. The Morgan fingerprint density at radius 1 is 0.764 bits per heavy atom. The summed E-state index contributed by atoms with van der Waals surface area (Å²) in [4.78, 5) is 35.6. The molecule has 0 radical (unpaired) electrons. The average molecular weight is 1050 g/mol. The first-order valence-corrected chi connectivity index (χ1v) is 24.9. The number of nitrogens with zero attached hydrogens (tertiary/aromatic N) is 6. The molecule has 2 aliphatic carbocycles. The fraction of sp³-hybridized carbons (Fsp3) is 0.456. The van der Waals surface area contributed by atoms with E-state index in [1.165, 1.54) is 18.6 Å². The maximum Gasteiger partial charge on any atom is 2.00 e. The SMILES string of the molecule is Cc1ccc[c-]n1.Cc1cccc(C(O)(c2cc(-c3c(C)noc3C)cc3[nH]c(C4CC4)nc23)C2CCC(C)(C)O2)n1.Cc1noc(C)c1-c1cc2c(c(C(=O)C3CCC(C)(C)O3)c1)N=C(C1CC1)C2.[Br-].[Mg+2]. The predicted molar refractivity (Wildman–Crippen MR) is 274 cm³/mol. The molecule has 3 aliphatic heterocycles. The Kier molecular flexibility index (Phi) is 15.4. The van der Waals surface area contributed by atoms with Gasteiger partial charge in [0.2, 0.25) is 0 Å².